The molecule has 49 heavy (non-hydrogen) atoms. The Morgan fingerprint density at radius 1 is 0.653 bits per heavy atom. The Kier molecular flexibility index (Phi) is 6.80. The summed E-state index contributed by atoms with van der Waals surface area (Å²) in [4.78, 5) is 9.40. The molecule has 6 nitrogen and oxygen atoms in total. The van der Waals surface area contributed by atoms with Crippen molar-refractivity contribution in [3.63, 3.8) is 0 Å². The van der Waals surface area contributed by atoms with Crippen LogP contribution in [0.5, 0.6) is 11.5 Å². The number of benzene rings is 4. The summed E-state index contributed by atoms with van der Waals surface area (Å²) < 4.78 is 47.2. The monoisotopic (exact) mass is 645 g/mol. The van der Waals surface area contributed by atoms with E-state index < -0.39 is 12.7 Å². The fraction of sp³-hybridized carbons (Fsp3) is 0.186. The molecule has 4 heterocycles. The van der Waals surface area contributed by atoms with Crippen molar-refractivity contribution in [2.75, 3.05) is 0 Å². The molecule has 0 N–H and O–H groups in total. The lowest BCUT2D eigenvalue weighted by atomic mass is 10.0. The van der Waals surface area contributed by atoms with Gasteiger partial charge in [-0.25, -0.2) is 4.98 Å². The summed E-state index contributed by atoms with van der Waals surface area (Å²) in [6, 6.07) is 37.0. The van der Waals surface area contributed by atoms with E-state index >= 15 is 0 Å². The highest BCUT2D eigenvalue weighted by atomic mass is 16.5. The topological polar surface area (TPSA) is 48.8 Å². The summed E-state index contributed by atoms with van der Waals surface area (Å²) in [7, 11) is 0. The second-order valence-electron chi connectivity index (χ2n) is 12.8. The van der Waals surface area contributed by atoms with Gasteiger partial charge in [-0.1, -0.05) is 87.9 Å². The van der Waals surface area contributed by atoms with Crippen molar-refractivity contribution < 1.29 is 14.8 Å². The highest BCUT2D eigenvalue weighted by Crippen LogP contribution is 2.35. The first-order chi connectivity index (χ1) is 25.4. The molecule has 0 fully saturated rings. The average molecular weight is 646 g/mol. The Balaban J connectivity index is 1.18. The van der Waals surface area contributed by atoms with Crippen molar-refractivity contribution in [1.82, 2.24) is 19.1 Å². The van der Waals surface area contributed by atoms with E-state index in [4.69, 9.17) is 20.2 Å². The molecule has 0 saturated carbocycles. The molecule has 6 heteroatoms. The van der Waals surface area contributed by atoms with Gasteiger partial charge >= 0.3 is 0 Å². The van der Waals surface area contributed by atoms with Crippen LogP contribution in [0.4, 0.5) is 0 Å². The first kappa shape index (κ1) is 26.2. The van der Waals surface area contributed by atoms with E-state index in [1.165, 1.54) is 0 Å². The van der Waals surface area contributed by atoms with Gasteiger partial charge in [-0.3, -0.25) is 18.7 Å². The summed E-state index contributed by atoms with van der Waals surface area (Å²) in [6.07, 6.45) is 3.85. The van der Waals surface area contributed by atoms with Crippen LogP contribution in [-0.2, 0) is 12.7 Å². The highest BCUT2D eigenvalue weighted by molar-refractivity contribution is 6.09. The standard InChI is InChI=1S/C43H39N5O/c1-29(2)22-31-10-9-11-33(24-31)46-28-47(40-15-8-7-14-39(40)46)42-27-35(19-21-44-42)49-34-16-17-37-36-12-5-6-13-38(36)48(41(37)26-34)43-25-32(18-20-45-43)23-30(3)4/h5-21,24-27,29-30H,22-23H2,1-4H3/i22D2,23D2. The lowest BCUT2D eigenvalue weighted by Gasteiger charge is -2.11. The van der Waals surface area contributed by atoms with Crippen LogP contribution < -0.4 is 9.30 Å². The third kappa shape index (κ3) is 5.95. The van der Waals surface area contributed by atoms with Crippen LogP contribution in [0, 0.1) is 18.2 Å². The molecule has 0 spiro atoms. The highest BCUT2D eigenvalue weighted by Gasteiger charge is 2.17. The number of imidazole rings is 1. The van der Waals surface area contributed by atoms with Crippen molar-refractivity contribution in [1.29, 1.82) is 0 Å². The minimum atomic E-state index is -1.51. The maximum atomic E-state index is 8.73. The first-order valence-corrected chi connectivity index (χ1v) is 16.6. The van der Waals surface area contributed by atoms with Gasteiger partial charge in [-0.05, 0) is 78.7 Å². The predicted molar refractivity (Wildman–Crippen MR) is 197 cm³/mol. The Bertz CT molecular complexity index is 2640. The number of ether oxygens (including phenoxy) is 1. The van der Waals surface area contributed by atoms with Crippen LogP contribution in [0.15, 0.2) is 128 Å². The fourth-order valence-corrected chi connectivity index (χ4v) is 6.44. The minimum Gasteiger partial charge on any atom is -0.458 e. The van der Waals surface area contributed by atoms with Gasteiger partial charge in [0.05, 0.1) is 27.8 Å². The third-order valence-corrected chi connectivity index (χ3v) is 8.38. The van der Waals surface area contributed by atoms with Gasteiger partial charge in [0.15, 0.2) is 5.82 Å². The Morgan fingerprint density at radius 3 is 2.18 bits per heavy atom. The lowest BCUT2D eigenvalue weighted by molar-refractivity contribution is -0.572. The Hall–Kier alpha value is -5.75. The van der Waals surface area contributed by atoms with Crippen LogP contribution in [0.1, 0.15) is 44.3 Å². The van der Waals surface area contributed by atoms with Gasteiger partial charge in [0.1, 0.15) is 17.3 Å². The first-order valence-electron chi connectivity index (χ1n) is 18.6. The van der Waals surface area contributed by atoms with Crippen molar-refractivity contribution in [3.05, 3.63) is 145 Å². The zero-order valence-corrected chi connectivity index (χ0v) is 27.9. The van der Waals surface area contributed by atoms with E-state index in [0.29, 0.717) is 34.3 Å². The molecule has 0 amide bonds. The normalized spacial score (nSPS) is 13.6. The molecule has 0 aliphatic carbocycles. The molecule has 4 aromatic carbocycles. The summed E-state index contributed by atoms with van der Waals surface area (Å²) >= 11 is 0. The Morgan fingerprint density at radius 2 is 1.35 bits per heavy atom. The Labute approximate surface area is 292 Å². The van der Waals surface area contributed by atoms with Crippen LogP contribution in [0.3, 0.4) is 0 Å². The molecular formula is C43H39N5O. The number of para-hydroxylation sites is 3. The van der Waals surface area contributed by atoms with Crippen molar-refractivity contribution >= 4 is 32.8 Å². The van der Waals surface area contributed by atoms with Crippen LogP contribution >= 0.6 is 0 Å². The maximum Gasteiger partial charge on any atom is 0.271 e. The van der Waals surface area contributed by atoms with Gasteiger partial charge in [-0.2, -0.15) is 0 Å². The predicted octanol–water partition coefficient (Wildman–Crippen LogP) is 9.78. The summed E-state index contributed by atoms with van der Waals surface area (Å²) in [5.74, 6) is 2.07. The largest absolute Gasteiger partial charge is 0.458 e. The van der Waals surface area contributed by atoms with Gasteiger partial charge in [0.2, 0.25) is 0 Å². The van der Waals surface area contributed by atoms with Gasteiger partial charge < -0.3 is 4.74 Å². The second kappa shape index (κ2) is 12.7. The fourth-order valence-electron chi connectivity index (χ4n) is 6.44. The van der Waals surface area contributed by atoms with E-state index in [9.17, 15) is 0 Å². The molecule has 242 valence electrons. The van der Waals surface area contributed by atoms with E-state index in [1.54, 1.807) is 18.5 Å². The number of fused-ring (bicyclic) bond motifs is 4. The maximum absolute atomic E-state index is 8.73. The smallest absolute Gasteiger partial charge is 0.271 e. The third-order valence-electron chi connectivity index (χ3n) is 8.38. The number of hydrogen-bond acceptors (Lipinski definition) is 3. The quantitative estimate of drug-likeness (QED) is 0.116. The SMILES string of the molecule is [2H]C([2H])(c1cccc(-[n+]2[c-]n(-c3cc(Oc4ccc5c6ccccc6n(-c6cc(C([2H])([2H])C(C)C)ccn6)c5c4)ccn3)c3ccccc32)c1)C(C)C. The molecule has 0 saturated heterocycles. The summed E-state index contributed by atoms with van der Waals surface area (Å²) in [5.41, 5.74) is 5.65. The molecule has 8 rings (SSSR count). The number of hydrogen-bond donors (Lipinski definition) is 0. The average Bonchev–Trinajstić information content (AvgIpc) is 3.71. The number of rotatable bonds is 9. The summed E-state index contributed by atoms with van der Waals surface area (Å²) in [5, 5.41) is 2.10. The van der Waals surface area contributed by atoms with Crippen molar-refractivity contribution in [2.24, 2.45) is 11.8 Å². The lowest BCUT2D eigenvalue weighted by Crippen LogP contribution is -2.29. The molecule has 0 atom stereocenters. The van der Waals surface area contributed by atoms with Crippen molar-refractivity contribution in [2.45, 2.75) is 40.4 Å². The minimum absolute atomic E-state index is 0.186. The second-order valence-corrected chi connectivity index (χ2v) is 12.8. The van der Waals surface area contributed by atoms with Crippen LogP contribution in [-0.4, -0.2) is 19.1 Å². The van der Waals surface area contributed by atoms with Gasteiger partial charge in [0, 0.05) is 40.8 Å². The van der Waals surface area contributed by atoms with E-state index in [2.05, 4.69) is 29.1 Å². The van der Waals surface area contributed by atoms with E-state index in [1.807, 2.05) is 128 Å². The van der Waals surface area contributed by atoms with Crippen molar-refractivity contribution in [3.8, 4) is 28.8 Å². The number of aromatic nitrogens is 5. The molecular weight excluding hydrogens is 603 g/mol. The van der Waals surface area contributed by atoms with E-state index in [-0.39, 0.29) is 11.8 Å². The van der Waals surface area contributed by atoms with Gasteiger partial charge in [0.25, 0.3) is 6.33 Å². The molecule has 8 aromatic rings. The van der Waals surface area contributed by atoms with E-state index in [0.717, 1.165) is 38.5 Å². The zero-order chi connectivity index (χ0) is 37.1. The molecule has 4 aromatic heterocycles. The molecule has 0 aliphatic rings. The van der Waals surface area contributed by atoms with Crippen LogP contribution in [0.2, 0.25) is 0 Å². The molecule has 0 bridgehead atoms. The van der Waals surface area contributed by atoms with Crippen LogP contribution in [0.25, 0.3) is 50.2 Å². The number of pyridine rings is 2. The summed E-state index contributed by atoms with van der Waals surface area (Å²) in [6.45, 7) is 7.56. The number of nitrogens with zero attached hydrogens (tertiary/aromatic N) is 5. The van der Waals surface area contributed by atoms with Gasteiger partial charge in [-0.15, -0.1) is 0 Å². The molecule has 0 unspecified atom stereocenters. The molecule has 0 aliphatic heterocycles. The zero-order valence-electron chi connectivity index (χ0n) is 31.9. The molecule has 0 radical (unpaired) electrons.